The molecule has 0 heterocycles. The summed E-state index contributed by atoms with van der Waals surface area (Å²) in [6.45, 7) is 10.8. The predicted molar refractivity (Wildman–Crippen MR) is 117 cm³/mol. The van der Waals surface area contributed by atoms with Crippen molar-refractivity contribution in [3.05, 3.63) is 71.0 Å². The molecule has 2 amide bonds. The highest BCUT2D eigenvalue weighted by Gasteiger charge is 2.17. The topological polar surface area (TPSA) is 52.7 Å². The fourth-order valence-corrected chi connectivity index (χ4v) is 3.19. The third-order valence-corrected chi connectivity index (χ3v) is 5.13. The molecule has 0 unspecified atom stereocenters. The average Bonchev–Trinajstić information content (AvgIpc) is 2.75. The summed E-state index contributed by atoms with van der Waals surface area (Å²) in [4.78, 5) is 29.0. The Balaban J connectivity index is 1.92. The molecule has 0 aliphatic rings. The van der Waals surface area contributed by atoms with Crippen LogP contribution < -0.4 is 5.32 Å². The molecule has 1 N–H and O–H groups in total. The molecule has 2 rings (SSSR count). The van der Waals surface area contributed by atoms with E-state index in [9.17, 15) is 14.0 Å². The van der Waals surface area contributed by atoms with Crippen LogP contribution in [0.5, 0.6) is 0 Å². The minimum Gasteiger partial charge on any atom is -0.350 e. The summed E-state index contributed by atoms with van der Waals surface area (Å²) >= 11 is 0. The van der Waals surface area contributed by atoms with Gasteiger partial charge in [0.1, 0.15) is 5.82 Å². The highest BCUT2D eigenvalue weighted by atomic mass is 19.1. The van der Waals surface area contributed by atoms with Gasteiger partial charge in [-0.05, 0) is 62.7 Å². The molecule has 0 radical (unpaired) electrons. The van der Waals surface area contributed by atoms with E-state index in [0.717, 1.165) is 24.2 Å². The Morgan fingerprint density at radius 2 is 1.53 bits per heavy atom. The number of halogens is 1. The number of amides is 2. The van der Waals surface area contributed by atoms with Gasteiger partial charge in [-0.15, -0.1) is 0 Å². The van der Waals surface area contributed by atoms with Crippen LogP contribution in [0.4, 0.5) is 4.39 Å². The van der Waals surface area contributed by atoms with Crippen LogP contribution in [0.2, 0.25) is 0 Å². The molecule has 0 aliphatic heterocycles. The maximum absolute atomic E-state index is 13.0. The first-order valence-corrected chi connectivity index (χ1v) is 10.5. The van der Waals surface area contributed by atoms with Crippen molar-refractivity contribution in [1.82, 2.24) is 15.1 Å². The number of nitrogens with zero attached hydrogens (tertiary/aromatic N) is 2. The average molecular weight is 414 g/mol. The van der Waals surface area contributed by atoms with Gasteiger partial charge >= 0.3 is 0 Å². The van der Waals surface area contributed by atoms with Gasteiger partial charge in [0.2, 0.25) is 5.91 Å². The van der Waals surface area contributed by atoms with Gasteiger partial charge in [0.15, 0.2) is 0 Å². The minimum atomic E-state index is -0.314. The second-order valence-electron chi connectivity index (χ2n) is 7.58. The summed E-state index contributed by atoms with van der Waals surface area (Å²) in [5.74, 6) is -0.732. The van der Waals surface area contributed by atoms with Crippen LogP contribution in [-0.2, 0) is 17.9 Å². The number of likely N-dealkylation sites (N-methyl/N-ethyl adjacent to an activating group) is 1. The summed E-state index contributed by atoms with van der Waals surface area (Å²) in [5.41, 5.74) is 2.53. The van der Waals surface area contributed by atoms with E-state index in [2.05, 4.69) is 31.0 Å². The van der Waals surface area contributed by atoms with Crippen molar-refractivity contribution in [3.63, 3.8) is 0 Å². The largest absolute Gasteiger partial charge is 0.350 e. The van der Waals surface area contributed by atoms with Gasteiger partial charge in [-0.25, -0.2) is 4.39 Å². The zero-order valence-electron chi connectivity index (χ0n) is 18.3. The minimum absolute atomic E-state index is 0.0186. The summed E-state index contributed by atoms with van der Waals surface area (Å²) < 4.78 is 13.0. The number of rotatable bonds is 10. The Hall–Kier alpha value is -2.73. The highest BCUT2D eigenvalue weighted by Crippen LogP contribution is 2.12. The molecule has 0 aromatic heterocycles. The molecule has 0 aliphatic carbocycles. The van der Waals surface area contributed by atoms with Crippen LogP contribution in [0.25, 0.3) is 0 Å². The number of hydrogen-bond donors (Lipinski definition) is 1. The summed E-state index contributed by atoms with van der Waals surface area (Å²) in [5, 5.41) is 2.78. The number of carbonyl (C=O) groups excluding carboxylic acids is 2. The van der Waals surface area contributed by atoms with E-state index >= 15 is 0 Å². The first-order chi connectivity index (χ1) is 14.3. The van der Waals surface area contributed by atoms with Crippen molar-refractivity contribution >= 4 is 11.8 Å². The van der Waals surface area contributed by atoms with Crippen LogP contribution in [0.15, 0.2) is 48.5 Å². The molecule has 0 spiro atoms. The van der Waals surface area contributed by atoms with Gasteiger partial charge in [-0.1, -0.05) is 31.2 Å². The van der Waals surface area contributed by atoms with Gasteiger partial charge in [-0.2, -0.15) is 0 Å². The highest BCUT2D eigenvalue weighted by molar-refractivity contribution is 5.96. The van der Waals surface area contributed by atoms with E-state index in [0.29, 0.717) is 24.7 Å². The Morgan fingerprint density at radius 1 is 0.933 bits per heavy atom. The van der Waals surface area contributed by atoms with Gasteiger partial charge in [0.25, 0.3) is 5.91 Å². The lowest BCUT2D eigenvalue weighted by Crippen LogP contribution is -2.40. The van der Waals surface area contributed by atoms with Crippen molar-refractivity contribution in [2.45, 2.75) is 46.8 Å². The molecule has 0 saturated heterocycles. The maximum Gasteiger partial charge on any atom is 0.254 e. The Labute approximate surface area is 178 Å². The molecule has 0 atom stereocenters. The lowest BCUT2D eigenvalue weighted by molar-refractivity contribution is -0.121. The van der Waals surface area contributed by atoms with Crippen molar-refractivity contribution in [1.29, 1.82) is 0 Å². The van der Waals surface area contributed by atoms with E-state index in [1.807, 2.05) is 31.2 Å². The molecule has 0 saturated carbocycles. The SMILES string of the molecule is CCN(CC(=O)NCc1ccc(F)cc1)C(=O)c1ccc(CN(CC)C(C)C)cc1. The smallest absolute Gasteiger partial charge is 0.254 e. The van der Waals surface area contributed by atoms with E-state index in [4.69, 9.17) is 0 Å². The molecule has 2 aromatic rings. The first-order valence-electron chi connectivity index (χ1n) is 10.5. The molecular weight excluding hydrogens is 381 g/mol. The predicted octanol–water partition coefficient (Wildman–Crippen LogP) is 3.83. The van der Waals surface area contributed by atoms with E-state index in [-0.39, 0.29) is 24.2 Å². The second-order valence-corrected chi connectivity index (χ2v) is 7.58. The Bertz CT molecular complexity index is 819. The van der Waals surface area contributed by atoms with Gasteiger partial charge in [0, 0.05) is 31.2 Å². The van der Waals surface area contributed by atoms with E-state index < -0.39 is 0 Å². The zero-order chi connectivity index (χ0) is 22.1. The van der Waals surface area contributed by atoms with Crippen LogP contribution in [-0.4, -0.2) is 47.3 Å². The van der Waals surface area contributed by atoms with Gasteiger partial charge < -0.3 is 10.2 Å². The zero-order valence-corrected chi connectivity index (χ0v) is 18.3. The fourth-order valence-electron chi connectivity index (χ4n) is 3.19. The molecular formula is C24H32FN3O2. The number of nitrogens with one attached hydrogen (secondary N) is 1. The lowest BCUT2D eigenvalue weighted by atomic mass is 10.1. The van der Waals surface area contributed by atoms with Crippen molar-refractivity contribution in [2.75, 3.05) is 19.6 Å². The van der Waals surface area contributed by atoms with Crippen LogP contribution >= 0.6 is 0 Å². The molecule has 5 nitrogen and oxygen atoms in total. The van der Waals surface area contributed by atoms with E-state index in [1.54, 1.807) is 12.1 Å². The summed E-state index contributed by atoms with van der Waals surface area (Å²) in [6.07, 6.45) is 0. The Morgan fingerprint density at radius 3 is 2.07 bits per heavy atom. The number of hydrogen-bond acceptors (Lipinski definition) is 3. The summed E-state index contributed by atoms with van der Waals surface area (Å²) in [6, 6.07) is 14.0. The molecule has 0 bridgehead atoms. The third kappa shape index (κ3) is 6.95. The van der Waals surface area contributed by atoms with Crippen molar-refractivity contribution in [3.8, 4) is 0 Å². The van der Waals surface area contributed by atoms with Crippen LogP contribution in [0.3, 0.4) is 0 Å². The number of carbonyl (C=O) groups is 2. The van der Waals surface area contributed by atoms with E-state index in [1.165, 1.54) is 17.0 Å². The third-order valence-electron chi connectivity index (χ3n) is 5.13. The lowest BCUT2D eigenvalue weighted by Gasteiger charge is -2.25. The molecule has 0 fully saturated rings. The standard InChI is InChI=1S/C24H32FN3O2/c1-5-27(18(3)4)16-20-7-11-21(12-8-20)24(30)28(6-2)17-23(29)26-15-19-9-13-22(25)14-10-19/h7-14,18H,5-6,15-17H2,1-4H3,(H,26,29). The number of benzene rings is 2. The van der Waals surface area contributed by atoms with Crippen molar-refractivity contribution in [2.24, 2.45) is 0 Å². The monoisotopic (exact) mass is 413 g/mol. The first kappa shape index (κ1) is 23.5. The second kappa shape index (κ2) is 11.5. The normalized spacial score (nSPS) is 11.0. The van der Waals surface area contributed by atoms with Crippen LogP contribution in [0, 0.1) is 5.82 Å². The Kier molecular flexibility index (Phi) is 8.99. The molecule has 162 valence electrons. The summed E-state index contributed by atoms with van der Waals surface area (Å²) in [7, 11) is 0. The molecule has 6 heteroatoms. The molecule has 2 aromatic carbocycles. The van der Waals surface area contributed by atoms with Crippen molar-refractivity contribution < 1.29 is 14.0 Å². The maximum atomic E-state index is 13.0. The van der Waals surface area contributed by atoms with Gasteiger partial charge in [-0.3, -0.25) is 14.5 Å². The fraction of sp³-hybridized carbons (Fsp3) is 0.417. The molecule has 30 heavy (non-hydrogen) atoms. The van der Waals surface area contributed by atoms with Crippen LogP contribution in [0.1, 0.15) is 49.2 Å². The van der Waals surface area contributed by atoms with Gasteiger partial charge in [0.05, 0.1) is 6.54 Å². The quantitative estimate of drug-likeness (QED) is 0.644.